The normalized spacial score (nSPS) is 20.4. The van der Waals surface area contributed by atoms with Crippen molar-refractivity contribution >= 4 is 5.91 Å². The monoisotopic (exact) mass is 228 g/mol. The Balaban J connectivity index is 1.69. The van der Waals surface area contributed by atoms with Crippen LogP contribution in [-0.2, 0) is 11.3 Å². The zero-order valence-corrected chi connectivity index (χ0v) is 9.78. The van der Waals surface area contributed by atoms with Crippen LogP contribution in [0.3, 0.4) is 0 Å². The molecule has 0 radical (unpaired) electrons. The van der Waals surface area contributed by atoms with Crippen LogP contribution in [0.15, 0.2) is 41.5 Å². The molecule has 2 heterocycles. The van der Waals surface area contributed by atoms with Crippen LogP contribution in [0.5, 0.6) is 0 Å². The minimum absolute atomic E-state index is 0.152. The molecular weight excluding hydrogens is 212 g/mol. The molecule has 0 saturated carbocycles. The lowest BCUT2D eigenvalue weighted by molar-refractivity contribution is -0.116. The van der Waals surface area contributed by atoms with Crippen LogP contribution in [0.25, 0.3) is 0 Å². The standard InChI is InChI=1S/C14H16N2O/c17-14-13-6-7-16(10-12(13)8-15-14)9-11-4-2-1-3-5-11/h1-5H,6-10H2,(H,15,17). The van der Waals surface area contributed by atoms with E-state index in [1.54, 1.807) is 0 Å². The van der Waals surface area contributed by atoms with Crippen molar-refractivity contribution in [3.8, 4) is 0 Å². The SMILES string of the molecule is O=C1NCC2=C1CCN(Cc1ccccc1)C2. The number of carbonyl (C=O) groups excluding carboxylic acids is 1. The van der Waals surface area contributed by atoms with Crippen LogP contribution < -0.4 is 5.32 Å². The van der Waals surface area contributed by atoms with E-state index in [4.69, 9.17) is 0 Å². The number of rotatable bonds is 2. The molecule has 1 N–H and O–H groups in total. The molecule has 3 rings (SSSR count). The summed E-state index contributed by atoms with van der Waals surface area (Å²) < 4.78 is 0. The Kier molecular flexibility index (Phi) is 2.69. The van der Waals surface area contributed by atoms with Crippen LogP contribution in [0, 0.1) is 0 Å². The Morgan fingerprint density at radius 3 is 2.88 bits per heavy atom. The molecule has 88 valence electrons. The van der Waals surface area contributed by atoms with Gasteiger partial charge in [0, 0.05) is 31.8 Å². The third kappa shape index (κ3) is 2.11. The van der Waals surface area contributed by atoms with Gasteiger partial charge >= 0.3 is 0 Å². The van der Waals surface area contributed by atoms with Crippen molar-refractivity contribution in [2.24, 2.45) is 0 Å². The first-order valence-electron chi connectivity index (χ1n) is 6.08. The van der Waals surface area contributed by atoms with Crippen LogP contribution in [0.1, 0.15) is 12.0 Å². The fourth-order valence-corrected chi connectivity index (χ4v) is 2.60. The Labute approximate surface area is 101 Å². The summed E-state index contributed by atoms with van der Waals surface area (Å²) in [6, 6.07) is 10.5. The second-order valence-electron chi connectivity index (χ2n) is 4.71. The summed E-state index contributed by atoms with van der Waals surface area (Å²) in [5.41, 5.74) is 3.67. The van der Waals surface area contributed by atoms with Gasteiger partial charge < -0.3 is 5.32 Å². The van der Waals surface area contributed by atoms with Crippen LogP contribution >= 0.6 is 0 Å². The highest BCUT2D eigenvalue weighted by Crippen LogP contribution is 2.22. The molecule has 2 aliphatic rings. The predicted octanol–water partition coefficient (Wildman–Crippen LogP) is 1.32. The van der Waals surface area contributed by atoms with E-state index in [0.29, 0.717) is 0 Å². The van der Waals surface area contributed by atoms with E-state index >= 15 is 0 Å². The number of amides is 1. The van der Waals surface area contributed by atoms with Gasteiger partial charge in [-0.15, -0.1) is 0 Å². The van der Waals surface area contributed by atoms with Gasteiger partial charge in [0.25, 0.3) is 0 Å². The van der Waals surface area contributed by atoms with Crippen molar-refractivity contribution < 1.29 is 4.79 Å². The molecule has 0 aliphatic carbocycles. The van der Waals surface area contributed by atoms with E-state index in [-0.39, 0.29) is 5.91 Å². The minimum atomic E-state index is 0.152. The summed E-state index contributed by atoms with van der Waals surface area (Å²) in [7, 11) is 0. The summed E-state index contributed by atoms with van der Waals surface area (Å²) in [6.07, 6.45) is 0.897. The van der Waals surface area contributed by atoms with E-state index in [0.717, 1.165) is 38.2 Å². The lowest BCUT2D eigenvalue weighted by atomic mass is 10.0. The van der Waals surface area contributed by atoms with Crippen molar-refractivity contribution in [2.45, 2.75) is 13.0 Å². The fourth-order valence-electron chi connectivity index (χ4n) is 2.60. The molecule has 17 heavy (non-hydrogen) atoms. The average molecular weight is 228 g/mol. The molecule has 2 aliphatic heterocycles. The number of nitrogens with zero attached hydrogens (tertiary/aromatic N) is 1. The first-order valence-corrected chi connectivity index (χ1v) is 6.08. The second-order valence-corrected chi connectivity index (χ2v) is 4.71. The number of hydrogen-bond acceptors (Lipinski definition) is 2. The molecule has 1 amide bonds. The minimum Gasteiger partial charge on any atom is -0.348 e. The maximum atomic E-state index is 11.5. The lowest BCUT2D eigenvalue weighted by Gasteiger charge is -2.27. The summed E-state index contributed by atoms with van der Waals surface area (Å²) in [5.74, 6) is 0.152. The van der Waals surface area contributed by atoms with Gasteiger partial charge in [-0.1, -0.05) is 30.3 Å². The molecule has 3 nitrogen and oxygen atoms in total. The molecule has 0 spiro atoms. The second kappa shape index (κ2) is 4.34. The van der Waals surface area contributed by atoms with Gasteiger partial charge in [-0.05, 0) is 17.6 Å². The summed E-state index contributed by atoms with van der Waals surface area (Å²) in [6.45, 7) is 3.65. The van der Waals surface area contributed by atoms with Gasteiger partial charge in [-0.2, -0.15) is 0 Å². The molecule has 3 heteroatoms. The fraction of sp³-hybridized carbons (Fsp3) is 0.357. The molecule has 0 fully saturated rings. The van der Waals surface area contributed by atoms with Crippen molar-refractivity contribution in [3.05, 3.63) is 47.0 Å². The molecule has 0 atom stereocenters. The Morgan fingerprint density at radius 2 is 2.06 bits per heavy atom. The van der Waals surface area contributed by atoms with Gasteiger partial charge in [-0.3, -0.25) is 9.69 Å². The van der Waals surface area contributed by atoms with Gasteiger partial charge in [0.1, 0.15) is 0 Å². The van der Waals surface area contributed by atoms with Gasteiger partial charge in [0.05, 0.1) is 0 Å². The molecular formula is C14H16N2O. The summed E-state index contributed by atoms with van der Waals surface area (Å²) in [5, 5.41) is 2.91. The third-order valence-electron chi connectivity index (χ3n) is 3.50. The van der Waals surface area contributed by atoms with E-state index in [1.165, 1.54) is 11.1 Å². The van der Waals surface area contributed by atoms with Crippen LogP contribution in [-0.4, -0.2) is 30.4 Å². The van der Waals surface area contributed by atoms with Gasteiger partial charge in [-0.25, -0.2) is 0 Å². The quantitative estimate of drug-likeness (QED) is 0.828. The molecule has 1 aromatic rings. The highest BCUT2D eigenvalue weighted by molar-refractivity contribution is 5.97. The average Bonchev–Trinajstić information content (AvgIpc) is 2.72. The summed E-state index contributed by atoms with van der Waals surface area (Å²) >= 11 is 0. The van der Waals surface area contributed by atoms with Gasteiger partial charge in [0.2, 0.25) is 5.91 Å². The summed E-state index contributed by atoms with van der Waals surface area (Å²) in [4.78, 5) is 13.9. The number of nitrogens with one attached hydrogen (secondary N) is 1. The van der Waals surface area contributed by atoms with Crippen molar-refractivity contribution in [1.29, 1.82) is 0 Å². The smallest absolute Gasteiger partial charge is 0.247 e. The Bertz CT molecular complexity index is 464. The van der Waals surface area contributed by atoms with Crippen molar-refractivity contribution in [1.82, 2.24) is 10.2 Å². The molecule has 0 bridgehead atoms. The molecule has 0 unspecified atom stereocenters. The largest absolute Gasteiger partial charge is 0.348 e. The van der Waals surface area contributed by atoms with E-state index < -0.39 is 0 Å². The molecule has 1 aromatic carbocycles. The van der Waals surface area contributed by atoms with E-state index in [9.17, 15) is 4.79 Å². The maximum absolute atomic E-state index is 11.5. The zero-order valence-electron chi connectivity index (χ0n) is 9.78. The zero-order chi connectivity index (χ0) is 11.7. The maximum Gasteiger partial charge on any atom is 0.247 e. The third-order valence-corrected chi connectivity index (χ3v) is 3.50. The van der Waals surface area contributed by atoms with Crippen LogP contribution in [0.4, 0.5) is 0 Å². The highest BCUT2D eigenvalue weighted by Gasteiger charge is 2.27. The predicted molar refractivity (Wildman–Crippen MR) is 66.4 cm³/mol. The van der Waals surface area contributed by atoms with Crippen molar-refractivity contribution in [2.75, 3.05) is 19.6 Å². The molecule has 0 saturated heterocycles. The van der Waals surface area contributed by atoms with Crippen LogP contribution in [0.2, 0.25) is 0 Å². The first kappa shape index (κ1) is 10.5. The van der Waals surface area contributed by atoms with Crippen molar-refractivity contribution in [3.63, 3.8) is 0 Å². The number of carbonyl (C=O) groups is 1. The van der Waals surface area contributed by atoms with E-state index in [2.05, 4.69) is 34.5 Å². The molecule has 0 aromatic heterocycles. The Hall–Kier alpha value is -1.61. The number of benzene rings is 1. The first-order chi connectivity index (χ1) is 8.33. The number of hydrogen-bond donors (Lipinski definition) is 1. The van der Waals surface area contributed by atoms with E-state index in [1.807, 2.05) is 6.07 Å². The van der Waals surface area contributed by atoms with Gasteiger partial charge in [0.15, 0.2) is 0 Å². The highest BCUT2D eigenvalue weighted by atomic mass is 16.1. The topological polar surface area (TPSA) is 32.3 Å². The lowest BCUT2D eigenvalue weighted by Crippen LogP contribution is -2.31. The Morgan fingerprint density at radius 1 is 1.24 bits per heavy atom.